The molecule has 1 aromatic carbocycles. The van der Waals surface area contributed by atoms with Crippen LogP contribution in [0, 0.1) is 5.92 Å². The van der Waals surface area contributed by atoms with Gasteiger partial charge in [-0.05, 0) is 68.4 Å². The van der Waals surface area contributed by atoms with Gasteiger partial charge >= 0.3 is 5.97 Å². The molecule has 2 fully saturated rings. The Morgan fingerprint density at radius 2 is 1.97 bits per heavy atom. The molecular weight excluding hydrogens is 380 g/mol. The van der Waals surface area contributed by atoms with Gasteiger partial charge < -0.3 is 14.2 Å². The third kappa shape index (κ3) is 5.42. The normalized spacial score (nSPS) is 24.0. The van der Waals surface area contributed by atoms with Gasteiger partial charge in [0.1, 0.15) is 6.61 Å². The number of esters is 1. The number of H-pyrrole nitrogens is 1. The van der Waals surface area contributed by atoms with Crippen molar-refractivity contribution in [3.8, 4) is 17.1 Å². The summed E-state index contributed by atoms with van der Waals surface area (Å²) < 4.78 is 16.4. The predicted molar refractivity (Wildman–Crippen MR) is 114 cm³/mol. The molecule has 1 saturated carbocycles. The van der Waals surface area contributed by atoms with Crippen LogP contribution in [0.1, 0.15) is 63.4 Å². The third-order valence-corrected chi connectivity index (χ3v) is 6.30. The number of rotatable bonds is 8. The Labute approximate surface area is 178 Å². The van der Waals surface area contributed by atoms with E-state index in [4.69, 9.17) is 14.2 Å². The maximum Gasteiger partial charge on any atom is 0.306 e. The Bertz CT molecular complexity index is 803. The molecule has 2 aliphatic rings. The molecule has 0 bridgehead atoms. The van der Waals surface area contributed by atoms with Crippen molar-refractivity contribution in [3.05, 3.63) is 35.9 Å². The van der Waals surface area contributed by atoms with E-state index < -0.39 is 0 Å². The zero-order valence-electron chi connectivity index (χ0n) is 17.8. The number of hydrogen-bond donors (Lipinski definition) is 1. The van der Waals surface area contributed by atoms with Crippen LogP contribution in [0.25, 0.3) is 11.3 Å². The number of nitrogens with one attached hydrogen (secondary N) is 1. The number of aromatic amines is 1. The van der Waals surface area contributed by atoms with E-state index in [-0.39, 0.29) is 12.1 Å². The van der Waals surface area contributed by atoms with Gasteiger partial charge in [0.15, 0.2) is 0 Å². The molecule has 1 saturated heterocycles. The molecule has 1 aliphatic heterocycles. The molecule has 162 valence electrons. The summed E-state index contributed by atoms with van der Waals surface area (Å²) in [6.07, 6.45) is 7.38. The van der Waals surface area contributed by atoms with Crippen LogP contribution in [0.15, 0.2) is 30.3 Å². The van der Waals surface area contributed by atoms with E-state index in [0.29, 0.717) is 37.4 Å². The highest BCUT2D eigenvalue weighted by molar-refractivity contribution is 5.69. The Balaban J connectivity index is 1.28. The fourth-order valence-electron chi connectivity index (χ4n) is 4.57. The standard InChI is InChI=1S/C24H32N2O4/c1-2-28-24(27)14-17-5-7-18(8-6-17)19-9-11-20(12-10-19)22-15-23(26-25-22)30-16-21-4-3-13-29-21/h9-12,15,17-18,21H,2-8,13-14,16H2,1H3,(H,25,26). The van der Waals surface area contributed by atoms with Crippen LogP contribution in [0.3, 0.4) is 0 Å². The molecule has 2 aromatic rings. The molecule has 0 spiro atoms. The highest BCUT2D eigenvalue weighted by Crippen LogP contribution is 2.37. The molecule has 1 aromatic heterocycles. The van der Waals surface area contributed by atoms with Gasteiger partial charge in [0.25, 0.3) is 0 Å². The van der Waals surface area contributed by atoms with E-state index in [2.05, 4.69) is 34.5 Å². The van der Waals surface area contributed by atoms with Crippen molar-refractivity contribution in [1.82, 2.24) is 10.2 Å². The van der Waals surface area contributed by atoms with Crippen molar-refractivity contribution < 1.29 is 19.0 Å². The second-order valence-corrected chi connectivity index (χ2v) is 8.41. The first-order valence-corrected chi connectivity index (χ1v) is 11.3. The van der Waals surface area contributed by atoms with Crippen LogP contribution in [0.5, 0.6) is 5.88 Å². The quantitative estimate of drug-likeness (QED) is 0.627. The second kappa shape index (κ2) is 10.1. The molecule has 0 amide bonds. The lowest BCUT2D eigenvalue weighted by Gasteiger charge is -2.28. The number of aromatic nitrogens is 2. The van der Waals surface area contributed by atoms with Crippen molar-refractivity contribution in [1.29, 1.82) is 0 Å². The van der Waals surface area contributed by atoms with E-state index in [1.165, 1.54) is 5.56 Å². The van der Waals surface area contributed by atoms with Crippen LogP contribution in [-0.2, 0) is 14.3 Å². The van der Waals surface area contributed by atoms with Crippen LogP contribution in [0.4, 0.5) is 0 Å². The minimum absolute atomic E-state index is 0.0519. The van der Waals surface area contributed by atoms with Crippen molar-refractivity contribution in [2.75, 3.05) is 19.8 Å². The van der Waals surface area contributed by atoms with Gasteiger partial charge in [-0.25, -0.2) is 0 Å². The third-order valence-electron chi connectivity index (χ3n) is 6.30. The van der Waals surface area contributed by atoms with Crippen LogP contribution < -0.4 is 4.74 Å². The summed E-state index contributed by atoms with van der Waals surface area (Å²) >= 11 is 0. The Hall–Kier alpha value is -2.34. The summed E-state index contributed by atoms with van der Waals surface area (Å²) in [6, 6.07) is 10.7. The van der Waals surface area contributed by atoms with E-state index >= 15 is 0 Å². The minimum atomic E-state index is -0.0519. The fraction of sp³-hybridized carbons (Fsp3) is 0.583. The molecule has 1 N–H and O–H groups in total. The average Bonchev–Trinajstić information content (AvgIpc) is 3.45. The molecule has 6 nitrogen and oxygen atoms in total. The second-order valence-electron chi connectivity index (χ2n) is 8.41. The Morgan fingerprint density at radius 3 is 2.67 bits per heavy atom. The van der Waals surface area contributed by atoms with E-state index in [0.717, 1.165) is 56.4 Å². The molecule has 1 aliphatic carbocycles. The van der Waals surface area contributed by atoms with Gasteiger partial charge in [-0.15, -0.1) is 5.10 Å². The van der Waals surface area contributed by atoms with Gasteiger partial charge in [0.2, 0.25) is 5.88 Å². The first kappa shape index (κ1) is 20.9. The first-order chi connectivity index (χ1) is 14.7. The summed E-state index contributed by atoms with van der Waals surface area (Å²) in [4.78, 5) is 11.7. The highest BCUT2D eigenvalue weighted by Gasteiger charge is 2.24. The first-order valence-electron chi connectivity index (χ1n) is 11.3. The van der Waals surface area contributed by atoms with Crippen molar-refractivity contribution in [2.24, 2.45) is 5.92 Å². The SMILES string of the molecule is CCOC(=O)CC1CCC(c2ccc(-c3cc(OCC4CCCO4)n[nH]3)cc2)CC1. The lowest BCUT2D eigenvalue weighted by molar-refractivity contribution is -0.144. The topological polar surface area (TPSA) is 73.4 Å². The summed E-state index contributed by atoms with van der Waals surface area (Å²) in [5.74, 6) is 1.61. The smallest absolute Gasteiger partial charge is 0.306 e. The maximum absolute atomic E-state index is 11.7. The summed E-state index contributed by atoms with van der Waals surface area (Å²) in [5, 5.41) is 7.34. The van der Waals surface area contributed by atoms with Crippen LogP contribution in [-0.4, -0.2) is 42.1 Å². The zero-order valence-corrected chi connectivity index (χ0v) is 17.8. The Morgan fingerprint density at radius 1 is 1.17 bits per heavy atom. The summed E-state index contributed by atoms with van der Waals surface area (Å²) in [6.45, 7) is 3.72. The van der Waals surface area contributed by atoms with E-state index in [9.17, 15) is 4.79 Å². The van der Waals surface area contributed by atoms with Crippen molar-refractivity contribution in [2.45, 2.75) is 63.9 Å². The van der Waals surface area contributed by atoms with Gasteiger partial charge in [-0.3, -0.25) is 9.89 Å². The minimum Gasteiger partial charge on any atom is -0.474 e. The number of carbonyl (C=O) groups excluding carboxylic acids is 1. The van der Waals surface area contributed by atoms with Gasteiger partial charge in [0.05, 0.1) is 18.4 Å². The van der Waals surface area contributed by atoms with Gasteiger partial charge in [-0.2, -0.15) is 0 Å². The average molecular weight is 413 g/mol. The molecule has 6 heteroatoms. The van der Waals surface area contributed by atoms with Gasteiger partial charge in [0, 0.05) is 19.1 Å². The lowest BCUT2D eigenvalue weighted by Crippen LogP contribution is -2.17. The largest absolute Gasteiger partial charge is 0.474 e. The number of benzene rings is 1. The predicted octanol–water partition coefficient (Wildman–Crippen LogP) is 4.86. The molecular formula is C24H32N2O4. The Kier molecular flexibility index (Phi) is 7.05. The van der Waals surface area contributed by atoms with Crippen LogP contribution >= 0.6 is 0 Å². The molecule has 0 radical (unpaired) electrons. The molecule has 30 heavy (non-hydrogen) atoms. The zero-order chi connectivity index (χ0) is 20.8. The molecule has 2 heterocycles. The summed E-state index contributed by atoms with van der Waals surface area (Å²) in [7, 11) is 0. The van der Waals surface area contributed by atoms with Crippen molar-refractivity contribution >= 4 is 5.97 Å². The fourth-order valence-corrected chi connectivity index (χ4v) is 4.57. The van der Waals surface area contributed by atoms with E-state index in [1.807, 2.05) is 13.0 Å². The molecule has 1 unspecified atom stereocenters. The molecule has 4 rings (SSSR count). The number of nitrogens with zero attached hydrogens (tertiary/aromatic N) is 1. The summed E-state index contributed by atoms with van der Waals surface area (Å²) in [5.41, 5.74) is 3.44. The number of carbonyl (C=O) groups is 1. The monoisotopic (exact) mass is 412 g/mol. The van der Waals surface area contributed by atoms with E-state index in [1.54, 1.807) is 0 Å². The van der Waals surface area contributed by atoms with Gasteiger partial charge in [-0.1, -0.05) is 24.3 Å². The molecule has 1 atom stereocenters. The van der Waals surface area contributed by atoms with Crippen LogP contribution in [0.2, 0.25) is 0 Å². The number of hydrogen-bond acceptors (Lipinski definition) is 5. The number of ether oxygens (including phenoxy) is 3. The highest BCUT2D eigenvalue weighted by atomic mass is 16.5. The maximum atomic E-state index is 11.7. The lowest BCUT2D eigenvalue weighted by atomic mass is 9.77. The van der Waals surface area contributed by atoms with Crippen molar-refractivity contribution in [3.63, 3.8) is 0 Å².